The first-order valence-electron chi connectivity index (χ1n) is 31.0. The molecule has 5 heteroatoms. The number of allylic oxidation sites excluding steroid dienone is 1. The topological polar surface area (TPSA) is 22.9 Å². The Kier molecular flexibility index (Phi) is 12.2. The number of nitrogens with zero attached hydrogens (tertiary/aromatic N) is 3. The van der Waals surface area contributed by atoms with Gasteiger partial charge in [-0.1, -0.05) is 216 Å². The summed E-state index contributed by atoms with van der Waals surface area (Å²) in [6.07, 6.45) is 4.27. The quantitative estimate of drug-likeness (QED) is 0.148. The van der Waals surface area contributed by atoms with Crippen LogP contribution in [0.3, 0.4) is 0 Å². The van der Waals surface area contributed by atoms with Crippen LogP contribution < -0.4 is 31.1 Å². The Balaban J connectivity index is 0.991. The molecule has 3 heterocycles. The van der Waals surface area contributed by atoms with Crippen LogP contribution in [0.15, 0.2) is 229 Å². The molecule has 0 fully saturated rings. The zero-order valence-electron chi connectivity index (χ0n) is 51.6. The molecule has 0 bridgehead atoms. The first-order chi connectivity index (χ1) is 41.3. The van der Waals surface area contributed by atoms with Crippen molar-refractivity contribution in [3.63, 3.8) is 0 Å². The van der Waals surface area contributed by atoms with Gasteiger partial charge in [0, 0.05) is 73.8 Å². The average Bonchev–Trinajstić information content (AvgIpc) is 0.807. The molecule has 0 N–H and O–H groups in total. The predicted molar refractivity (Wildman–Crippen MR) is 366 cm³/mol. The molecule has 15 rings (SSSR count). The second-order valence-electron chi connectivity index (χ2n) is 28.1. The van der Waals surface area contributed by atoms with Gasteiger partial charge in [0.15, 0.2) is 0 Å². The van der Waals surface area contributed by atoms with E-state index in [0.717, 1.165) is 52.6 Å². The molecule has 2 aliphatic heterocycles. The van der Waals surface area contributed by atoms with E-state index in [4.69, 9.17) is 4.42 Å². The molecule has 0 spiro atoms. The van der Waals surface area contributed by atoms with E-state index < -0.39 is 0 Å². The van der Waals surface area contributed by atoms with Crippen LogP contribution in [0.5, 0.6) is 0 Å². The summed E-state index contributed by atoms with van der Waals surface area (Å²) in [6.45, 7) is 25.8. The lowest BCUT2D eigenvalue weighted by molar-refractivity contribution is 0.545. The Morgan fingerprint density at radius 3 is 1.76 bits per heavy atom. The Morgan fingerprint density at radius 1 is 0.453 bits per heavy atom. The van der Waals surface area contributed by atoms with Gasteiger partial charge in [0.2, 0.25) is 0 Å². The third-order valence-electron chi connectivity index (χ3n) is 19.2. The van der Waals surface area contributed by atoms with E-state index in [2.05, 4.69) is 315 Å². The molecule has 86 heavy (non-hydrogen) atoms. The molecule has 2 aliphatic carbocycles. The molecular weight excluding hydrogens is 1040 g/mol. The second-order valence-corrected chi connectivity index (χ2v) is 28.1. The summed E-state index contributed by atoms with van der Waals surface area (Å²) >= 11 is 0. The summed E-state index contributed by atoms with van der Waals surface area (Å²) in [5.41, 5.74) is 30.0. The monoisotopic (exact) mass is 1120 g/mol. The number of benzene rings is 10. The minimum atomic E-state index is -0.207. The molecule has 422 valence electrons. The van der Waals surface area contributed by atoms with Gasteiger partial charge in [-0.3, -0.25) is 0 Å². The molecule has 10 aromatic carbocycles. The lowest BCUT2D eigenvalue weighted by Crippen LogP contribution is -2.61. The average molecular weight is 1120 g/mol. The maximum absolute atomic E-state index is 6.50. The van der Waals surface area contributed by atoms with Crippen LogP contribution in [0.25, 0.3) is 38.8 Å². The predicted octanol–water partition coefficient (Wildman–Crippen LogP) is 20.2. The van der Waals surface area contributed by atoms with Crippen molar-refractivity contribution in [2.24, 2.45) is 0 Å². The highest BCUT2D eigenvalue weighted by molar-refractivity contribution is 7.00. The summed E-state index contributed by atoms with van der Waals surface area (Å²) in [4.78, 5) is 7.75. The number of anilines is 9. The van der Waals surface area contributed by atoms with Gasteiger partial charge in [-0.25, -0.2) is 0 Å². The fourth-order valence-electron chi connectivity index (χ4n) is 14.5. The van der Waals surface area contributed by atoms with Gasteiger partial charge in [-0.2, -0.15) is 0 Å². The highest BCUT2D eigenvalue weighted by Crippen LogP contribution is 2.54. The van der Waals surface area contributed by atoms with E-state index in [-0.39, 0.29) is 28.4 Å². The number of hydrogen-bond donors (Lipinski definition) is 0. The zero-order valence-corrected chi connectivity index (χ0v) is 51.6. The van der Waals surface area contributed by atoms with Crippen molar-refractivity contribution in [2.45, 2.75) is 111 Å². The third kappa shape index (κ3) is 8.55. The van der Waals surface area contributed by atoms with E-state index in [1.807, 2.05) is 0 Å². The molecule has 0 unspecified atom stereocenters. The number of rotatable bonds is 7. The van der Waals surface area contributed by atoms with Gasteiger partial charge < -0.3 is 19.1 Å². The van der Waals surface area contributed by atoms with Gasteiger partial charge >= 0.3 is 0 Å². The SMILES string of the molecule is CC(C)(C)c1ccc(N(c2ccccc2)c2ccc3c(c2)N(c2ccc4c(c2)C(C)(C)c2ccccc2-4)c2cc(C(C)(C)C)cc4c2B3c2ccc(C(C)(C)C)cc2N4c2ccc(C3=CCCc4oc5ccccc5c43)cc2)c(-c2ccccc2)c1. The van der Waals surface area contributed by atoms with Crippen LogP contribution in [-0.4, -0.2) is 6.71 Å². The zero-order chi connectivity index (χ0) is 59.2. The Labute approximate surface area is 509 Å². The Bertz CT molecular complexity index is 4560. The van der Waals surface area contributed by atoms with Gasteiger partial charge in [-0.15, -0.1) is 0 Å². The number of hydrogen-bond acceptors (Lipinski definition) is 4. The van der Waals surface area contributed by atoms with Crippen LogP contribution >= 0.6 is 0 Å². The van der Waals surface area contributed by atoms with Gasteiger partial charge in [-0.05, 0) is 180 Å². The highest BCUT2D eigenvalue weighted by atomic mass is 16.3. The standard InChI is InChI=1S/C81H74BN3O/c1-78(2,3)53-36-44-69(64(45-53)51-23-14-12-15-24-51)83(56-25-16-13-17-26-56)59-40-43-68-71(50-59)85(58-39-41-62-61-27-18-20-30-65(61)81(10,11)66(62)49-58)73-48-55(80(7,8)9)47-72-77(73)82(68)67-42-35-54(79(4,5)6)46-70(67)84(72)57-37-33-52(34-38-57)60-29-22-32-75-76(60)63-28-19-21-31-74(63)86-75/h12-21,23-31,33-50H,22,32H2,1-11H3. The van der Waals surface area contributed by atoms with Gasteiger partial charge in [0.1, 0.15) is 11.3 Å². The molecule has 1 aromatic heterocycles. The van der Waals surface area contributed by atoms with Crippen molar-refractivity contribution >= 4 is 90.8 Å². The molecule has 0 atom stereocenters. The highest BCUT2D eigenvalue weighted by Gasteiger charge is 2.46. The van der Waals surface area contributed by atoms with Crippen molar-refractivity contribution in [2.75, 3.05) is 14.7 Å². The smallest absolute Gasteiger partial charge is 0.252 e. The molecule has 4 nitrogen and oxygen atoms in total. The molecule has 0 amide bonds. The fraction of sp³-hybridized carbons (Fsp3) is 0.210. The molecule has 0 saturated carbocycles. The maximum Gasteiger partial charge on any atom is 0.252 e. The lowest BCUT2D eigenvalue weighted by Gasteiger charge is -2.46. The van der Waals surface area contributed by atoms with Crippen LogP contribution in [0, 0.1) is 0 Å². The first kappa shape index (κ1) is 53.7. The molecule has 0 saturated heterocycles. The van der Waals surface area contributed by atoms with Crippen LogP contribution in [0.4, 0.5) is 51.2 Å². The van der Waals surface area contributed by atoms with E-state index in [1.165, 1.54) is 111 Å². The Hall–Kier alpha value is -9.06. The maximum atomic E-state index is 6.50. The van der Waals surface area contributed by atoms with E-state index in [9.17, 15) is 0 Å². The van der Waals surface area contributed by atoms with E-state index >= 15 is 0 Å². The molecule has 0 radical (unpaired) electrons. The van der Waals surface area contributed by atoms with E-state index in [1.54, 1.807) is 0 Å². The van der Waals surface area contributed by atoms with Crippen molar-refractivity contribution in [3.8, 4) is 22.3 Å². The minimum absolute atomic E-state index is 0.0490. The number of para-hydroxylation sites is 2. The summed E-state index contributed by atoms with van der Waals surface area (Å²) < 4.78 is 6.50. The van der Waals surface area contributed by atoms with Crippen molar-refractivity contribution in [1.29, 1.82) is 0 Å². The van der Waals surface area contributed by atoms with Crippen LogP contribution in [-0.2, 0) is 28.1 Å². The van der Waals surface area contributed by atoms with Crippen molar-refractivity contribution in [3.05, 3.63) is 269 Å². The molecule has 4 aliphatic rings. The summed E-state index contributed by atoms with van der Waals surface area (Å²) in [7, 11) is 0. The lowest BCUT2D eigenvalue weighted by atomic mass is 9.33. The van der Waals surface area contributed by atoms with Crippen molar-refractivity contribution in [1.82, 2.24) is 0 Å². The van der Waals surface area contributed by atoms with Crippen LogP contribution in [0.1, 0.15) is 127 Å². The van der Waals surface area contributed by atoms with Crippen molar-refractivity contribution < 1.29 is 4.42 Å². The van der Waals surface area contributed by atoms with E-state index in [0.29, 0.717) is 0 Å². The fourth-order valence-corrected chi connectivity index (χ4v) is 14.5. The summed E-state index contributed by atoms with van der Waals surface area (Å²) in [5.74, 6) is 1.08. The normalized spacial score (nSPS) is 14.7. The third-order valence-corrected chi connectivity index (χ3v) is 19.2. The molecule has 11 aromatic rings. The van der Waals surface area contributed by atoms with Gasteiger partial charge in [0.25, 0.3) is 6.71 Å². The first-order valence-corrected chi connectivity index (χ1v) is 31.0. The summed E-state index contributed by atoms with van der Waals surface area (Å²) in [5, 5.41) is 1.18. The number of fused-ring (bicyclic) bond motifs is 10. The van der Waals surface area contributed by atoms with Crippen LogP contribution in [0.2, 0.25) is 0 Å². The molecular formula is C81H74BN3O. The second kappa shape index (κ2) is 19.5. The Morgan fingerprint density at radius 2 is 1.03 bits per heavy atom. The minimum Gasteiger partial charge on any atom is -0.460 e. The number of furan rings is 1. The van der Waals surface area contributed by atoms with Gasteiger partial charge in [0.05, 0.1) is 5.69 Å². The summed E-state index contributed by atoms with van der Waals surface area (Å²) in [6, 6.07) is 83.2. The number of aryl methyl sites for hydroxylation is 1. The largest absolute Gasteiger partial charge is 0.460 e.